The fourth-order valence-corrected chi connectivity index (χ4v) is 3.18. The van der Waals surface area contributed by atoms with Crippen molar-refractivity contribution >= 4 is 0 Å². The van der Waals surface area contributed by atoms with Gasteiger partial charge in [0.2, 0.25) is 0 Å². The van der Waals surface area contributed by atoms with Crippen molar-refractivity contribution in [3.05, 3.63) is 12.7 Å². The van der Waals surface area contributed by atoms with E-state index in [0.29, 0.717) is 11.5 Å². The van der Waals surface area contributed by atoms with Gasteiger partial charge in [0.15, 0.2) is 0 Å². The van der Waals surface area contributed by atoms with E-state index < -0.39 is 0 Å². The average molecular weight is 253 g/mol. The zero-order chi connectivity index (χ0) is 13.6. The molecule has 1 aliphatic rings. The maximum Gasteiger partial charge on any atom is 0.0831 e. The Kier molecular flexibility index (Phi) is 5.87. The van der Waals surface area contributed by atoms with Crippen LogP contribution in [0, 0.1) is 5.41 Å². The standard InChI is InChI=1S/C16H31NO/c1-6-7-8-9-14(17-4)16(18-5)12-10-15(2,3)11-13-16/h6,14,17H,1,7-13H2,2-5H3. The topological polar surface area (TPSA) is 21.3 Å². The summed E-state index contributed by atoms with van der Waals surface area (Å²) < 4.78 is 5.97. The summed E-state index contributed by atoms with van der Waals surface area (Å²) in [6.45, 7) is 8.55. The molecular formula is C16H31NO. The lowest BCUT2D eigenvalue weighted by atomic mass is 9.68. The first-order valence-electron chi connectivity index (χ1n) is 7.33. The molecule has 1 aliphatic carbocycles. The molecule has 0 aromatic heterocycles. The Hall–Kier alpha value is -0.340. The summed E-state index contributed by atoms with van der Waals surface area (Å²) in [7, 11) is 3.95. The first-order chi connectivity index (χ1) is 8.49. The molecule has 106 valence electrons. The van der Waals surface area contributed by atoms with Crippen molar-refractivity contribution in [2.24, 2.45) is 5.41 Å². The zero-order valence-electron chi connectivity index (χ0n) is 12.7. The first kappa shape index (κ1) is 15.7. The molecule has 0 amide bonds. The smallest absolute Gasteiger partial charge is 0.0831 e. The highest BCUT2D eigenvalue weighted by molar-refractivity contribution is 4.98. The van der Waals surface area contributed by atoms with Gasteiger partial charge in [0.05, 0.1) is 5.60 Å². The van der Waals surface area contributed by atoms with Gasteiger partial charge in [-0.1, -0.05) is 19.9 Å². The maximum absolute atomic E-state index is 5.97. The van der Waals surface area contributed by atoms with Crippen LogP contribution in [0.4, 0.5) is 0 Å². The van der Waals surface area contributed by atoms with E-state index in [1.54, 1.807) is 0 Å². The van der Waals surface area contributed by atoms with E-state index in [0.717, 1.165) is 6.42 Å². The summed E-state index contributed by atoms with van der Waals surface area (Å²) in [5.74, 6) is 0. The Bertz CT molecular complexity index is 250. The summed E-state index contributed by atoms with van der Waals surface area (Å²) in [6.07, 6.45) is 10.4. The van der Waals surface area contributed by atoms with Gasteiger partial charge in [-0.3, -0.25) is 0 Å². The zero-order valence-corrected chi connectivity index (χ0v) is 12.7. The summed E-state index contributed by atoms with van der Waals surface area (Å²) in [5, 5.41) is 3.49. The number of hydrogen-bond donors (Lipinski definition) is 1. The van der Waals surface area contributed by atoms with Crippen LogP contribution in [0.2, 0.25) is 0 Å². The third-order valence-corrected chi connectivity index (χ3v) is 4.74. The second-order valence-corrected chi connectivity index (χ2v) is 6.49. The lowest BCUT2D eigenvalue weighted by Gasteiger charge is -2.47. The van der Waals surface area contributed by atoms with E-state index in [1.165, 1.54) is 38.5 Å². The maximum atomic E-state index is 5.97. The molecule has 1 unspecified atom stereocenters. The number of ether oxygens (including phenoxy) is 1. The summed E-state index contributed by atoms with van der Waals surface area (Å²) in [4.78, 5) is 0. The van der Waals surface area contributed by atoms with E-state index in [1.807, 2.05) is 13.2 Å². The molecule has 1 atom stereocenters. The van der Waals surface area contributed by atoms with E-state index in [-0.39, 0.29) is 5.60 Å². The highest BCUT2D eigenvalue weighted by atomic mass is 16.5. The molecule has 0 aromatic rings. The van der Waals surface area contributed by atoms with Gasteiger partial charge in [0.25, 0.3) is 0 Å². The average Bonchev–Trinajstić information content (AvgIpc) is 2.36. The van der Waals surface area contributed by atoms with Gasteiger partial charge in [-0.2, -0.15) is 0 Å². The quantitative estimate of drug-likeness (QED) is 0.548. The fraction of sp³-hybridized carbons (Fsp3) is 0.875. The number of likely N-dealkylation sites (N-methyl/N-ethyl adjacent to an activating group) is 1. The van der Waals surface area contributed by atoms with Gasteiger partial charge in [-0.25, -0.2) is 0 Å². The highest BCUT2D eigenvalue weighted by Crippen LogP contribution is 2.44. The van der Waals surface area contributed by atoms with Gasteiger partial charge in [0, 0.05) is 13.2 Å². The lowest BCUT2D eigenvalue weighted by Crippen LogP contribution is -2.53. The number of nitrogens with one attached hydrogen (secondary N) is 1. The fourth-order valence-electron chi connectivity index (χ4n) is 3.18. The van der Waals surface area contributed by atoms with Crippen LogP contribution in [0.15, 0.2) is 12.7 Å². The number of unbranched alkanes of at least 4 members (excludes halogenated alkanes) is 1. The summed E-state index contributed by atoms with van der Waals surface area (Å²) >= 11 is 0. The van der Waals surface area contributed by atoms with E-state index in [9.17, 15) is 0 Å². The van der Waals surface area contributed by atoms with Crippen molar-refractivity contribution in [3.8, 4) is 0 Å². The van der Waals surface area contributed by atoms with E-state index >= 15 is 0 Å². The predicted molar refractivity (Wildman–Crippen MR) is 78.9 cm³/mol. The van der Waals surface area contributed by atoms with Crippen molar-refractivity contribution in [1.82, 2.24) is 5.32 Å². The lowest BCUT2D eigenvalue weighted by molar-refractivity contribution is -0.0867. The molecule has 2 heteroatoms. The largest absolute Gasteiger partial charge is 0.377 e. The van der Waals surface area contributed by atoms with E-state index in [4.69, 9.17) is 4.74 Å². The molecule has 0 saturated heterocycles. The van der Waals surface area contributed by atoms with Crippen LogP contribution < -0.4 is 5.32 Å². The van der Waals surface area contributed by atoms with Gasteiger partial charge in [0.1, 0.15) is 0 Å². The third kappa shape index (κ3) is 3.83. The van der Waals surface area contributed by atoms with Gasteiger partial charge in [-0.15, -0.1) is 6.58 Å². The predicted octanol–water partition coefficient (Wildman–Crippen LogP) is 3.92. The monoisotopic (exact) mass is 253 g/mol. The van der Waals surface area contributed by atoms with Gasteiger partial charge in [-0.05, 0) is 57.4 Å². The number of rotatable bonds is 7. The van der Waals surface area contributed by atoms with Crippen molar-refractivity contribution < 1.29 is 4.74 Å². The Labute approximate surface area is 113 Å². The Balaban J connectivity index is 2.64. The molecule has 0 heterocycles. The number of methoxy groups -OCH3 is 1. The second-order valence-electron chi connectivity index (χ2n) is 6.49. The number of allylic oxidation sites excluding steroid dienone is 1. The Morgan fingerprint density at radius 3 is 2.33 bits per heavy atom. The minimum absolute atomic E-state index is 0.0471. The minimum atomic E-state index is 0.0471. The molecule has 0 radical (unpaired) electrons. The van der Waals surface area contributed by atoms with Gasteiger partial charge >= 0.3 is 0 Å². The molecular weight excluding hydrogens is 222 g/mol. The third-order valence-electron chi connectivity index (χ3n) is 4.74. The molecule has 0 aliphatic heterocycles. The minimum Gasteiger partial charge on any atom is -0.377 e. The summed E-state index contributed by atoms with van der Waals surface area (Å²) in [5.41, 5.74) is 0.535. The van der Waals surface area contributed by atoms with Crippen LogP contribution in [0.25, 0.3) is 0 Å². The van der Waals surface area contributed by atoms with Crippen molar-refractivity contribution in [2.75, 3.05) is 14.2 Å². The molecule has 1 saturated carbocycles. The van der Waals surface area contributed by atoms with Crippen molar-refractivity contribution in [1.29, 1.82) is 0 Å². The molecule has 0 aromatic carbocycles. The van der Waals surface area contributed by atoms with Crippen LogP contribution in [-0.4, -0.2) is 25.8 Å². The van der Waals surface area contributed by atoms with Crippen LogP contribution in [0.1, 0.15) is 58.8 Å². The molecule has 1 rings (SSSR count). The molecule has 1 N–H and O–H groups in total. The normalized spacial score (nSPS) is 23.6. The molecule has 18 heavy (non-hydrogen) atoms. The van der Waals surface area contributed by atoms with Crippen LogP contribution in [-0.2, 0) is 4.74 Å². The number of hydrogen-bond acceptors (Lipinski definition) is 2. The second kappa shape index (κ2) is 6.72. The first-order valence-corrected chi connectivity index (χ1v) is 7.33. The van der Waals surface area contributed by atoms with E-state index in [2.05, 4.69) is 32.8 Å². The molecule has 0 bridgehead atoms. The van der Waals surface area contributed by atoms with Crippen molar-refractivity contribution in [2.45, 2.75) is 70.4 Å². The van der Waals surface area contributed by atoms with Crippen LogP contribution in [0.3, 0.4) is 0 Å². The SMILES string of the molecule is C=CCCCC(NC)C1(OC)CCC(C)(C)CC1. The highest BCUT2D eigenvalue weighted by Gasteiger charge is 2.43. The Morgan fingerprint density at radius 1 is 1.28 bits per heavy atom. The van der Waals surface area contributed by atoms with Crippen molar-refractivity contribution in [3.63, 3.8) is 0 Å². The Morgan fingerprint density at radius 2 is 1.89 bits per heavy atom. The van der Waals surface area contributed by atoms with Crippen LogP contribution >= 0.6 is 0 Å². The van der Waals surface area contributed by atoms with Crippen LogP contribution in [0.5, 0.6) is 0 Å². The summed E-state index contributed by atoms with van der Waals surface area (Å²) in [6, 6.07) is 0.471. The molecule has 1 fully saturated rings. The van der Waals surface area contributed by atoms with Gasteiger partial charge < -0.3 is 10.1 Å². The molecule has 0 spiro atoms. The molecule has 2 nitrogen and oxygen atoms in total.